The van der Waals surface area contributed by atoms with E-state index in [0.29, 0.717) is 23.6 Å². The monoisotopic (exact) mass is 261 g/mol. The Bertz CT molecular complexity index is 621. The molecule has 0 spiro atoms. The number of hydrogen-bond donors (Lipinski definition) is 1. The number of aldehydes is 1. The quantitative estimate of drug-likeness (QED) is 0.863. The summed E-state index contributed by atoms with van der Waals surface area (Å²) >= 11 is 0. The number of carbonyl (C=O) groups is 2. The third kappa shape index (κ3) is 3.22. The second kappa shape index (κ2) is 5.39. The van der Waals surface area contributed by atoms with Crippen molar-refractivity contribution in [2.24, 2.45) is 0 Å². The molecule has 0 aliphatic heterocycles. The Kier molecular flexibility index (Phi) is 3.66. The molecule has 19 heavy (non-hydrogen) atoms. The summed E-state index contributed by atoms with van der Waals surface area (Å²) in [6.07, 6.45) is 0.636. The van der Waals surface area contributed by atoms with Gasteiger partial charge in [0.25, 0.3) is 5.91 Å². The lowest BCUT2D eigenvalue weighted by atomic mass is 10.1. The Hall–Kier alpha value is -2.56. The van der Waals surface area contributed by atoms with Gasteiger partial charge in [-0.3, -0.25) is 9.59 Å². The fourth-order valence-corrected chi connectivity index (χ4v) is 1.58. The SMILES string of the molecule is O=Cc1cccc(NC(=O)c2cc(F)cc(F)c2)c1. The van der Waals surface area contributed by atoms with Gasteiger partial charge in [0.1, 0.15) is 17.9 Å². The highest BCUT2D eigenvalue weighted by molar-refractivity contribution is 6.04. The molecule has 0 aliphatic carbocycles. The lowest BCUT2D eigenvalue weighted by Crippen LogP contribution is -2.12. The maximum Gasteiger partial charge on any atom is 0.255 e. The molecule has 0 saturated heterocycles. The molecule has 0 fully saturated rings. The van der Waals surface area contributed by atoms with Crippen LogP contribution < -0.4 is 5.32 Å². The zero-order valence-electron chi connectivity index (χ0n) is 9.69. The van der Waals surface area contributed by atoms with Gasteiger partial charge in [-0.05, 0) is 24.3 Å². The number of rotatable bonds is 3. The summed E-state index contributed by atoms with van der Waals surface area (Å²) in [5.41, 5.74) is 0.636. The van der Waals surface area contributed by atoms with Crippen molar-refractivity contribution in [3.63, 3.8) is 0 Å². The van der Waals surface area contributed by atoms with Crippen LogP contribution in [0.4, 0.5) is 14.5 Å². The lowest BCUT2D eigenvalue weighted by Gasteiger charge is -2.06. The molecule has 0 unspecified atom stereocenters. The lowest BCUT2D eigenvalue weighted by molar-refractivity contribution is 0.102. The molecular weight excluding hydrogens is 252 g/mol. The molecule has 0 aromatic heterocycles. The van der Waals surface area contributed by atoms with Gasteiger partial charge in [0.05, 0.1) is 0 Å². The smallest absolute Gasteiger partial charge is 0.255 e. The molecule has 0 saturated carbocycles. The molecule has 1 amide bonds. The fraction of sp³-hybridized carbons (Fsp3) is 0. The highest BCUT2D eigenvalue weighted by Crippen LogP contribution is 2.13. The van der Waals surface area contributed by atoms with Crippen LogP contribution in [0.3, 0.4) is 0 Å². The maximum atomic E-state index is 13.0. The Balaban J connectivity index is 2.22. The molecule has 2 rings (SSSR count). The molecule has 0 atom stereocenters. The van der Waals surface area contributed by atoms with E-state index < -0.39 is 17.5 Å². The molecule has 0 heterocycles. The maximum absolute atomic E-state index is 13.0. The van der Waals surface area contributed by atoms with Crippen LogP contribution >= 0.6 is 0 Å². The van der Waals surface area contributed by atoms with E-state index in [1.807, 2.05) is 0 Å². The van der Waals surface area contributed by atoms with Crippen LogP contribution in [-0.2, 0) is 0 Å². The Labute approximate surface area is 107 Å². The minimum Gasteiger partial charge on any atom is -0.322 e. The number of nitrogens with one attached hydrogen (secondary N) is 1. The van der Waals surface area contributed by atoms with Crippen molar-refractivity contribution < 1.29 is 18.4 Å². The third-order valence-electron chi connectivity index (χ3n) is 2.41. The van der Waals surface area contributed by atoms with Gasteiger partial charge >= 0.3 is 0 Å². The van der Waals surface area contributed by atoms with Crippen molar-refractivity contribution in [1.29, 1.82) is 0 Å². The number of amides is 1. The van der Waals surface area contributed by atoms with Gasteiger partial charge in [-0.15, -0.1) is 0 Å². The van der Waals surface area contributed by atoms with Crippen LogP contribution in [0.25, 0.3) is 0 Å². The molecule has 1 N–H and O–H groups in total. The largest absolute Gasteiger partial charge is 0.322 e. The highest BCUT2D eigenvalue weighted by Gasteiger charge is 2.09. The summed E-state index contributed by atoms with van der Waals surface area (Å²) in [6.45, 7) is 0. The van der Waals surface area contributed by atoms with E-state index in [1.54, 1.807) is 18.2 Å². The van der Waals surface area contributed by atoms with Crippen LogP contribution in [0.2, 0.25) is 0 Å². The molecule has 0 aliphatic rings. The number of halogens is 2. The number of anilines is 1. The number of benzene rings is 2. The molecule has 96 valence electrons. The molecule has 3 nitrogen and oxygen atoms in total. The summed E-state index contributed by atoms with van der Waals surface area (Å²) in [4.78, 5) is 22.4. The molecule has 2 aromatic rings. The molecule has 0 bridgehead atoms. The predicted octanol–water partition coefficient (Wildman–Crippen LogP) is 3.03. The zero-order valence-corrected chi connectivity index (χ0v) is 9.69. The van der Waals surface area contributed by atoms with Crippen LogP contribution in [0.1, 0.15) is 20.7 Å². The summed E-state index contributed by atoms with van der Waals surface area (Å²) in [5.74, 6) is -2.31. The molecule has 5 heteroatoms. The van der Waals surface area contributed by atoms with Gasteiger partial charge in [-0.1, -0.05) is 12.1 Å². The van der Waals surface area contributed by atoms with E-state index in [0.717, 1.165) is 12.1 Å². The Morgan fingerprint density at radius 2 is 1.74 bits per heavy atom. The minimum atomic E-state index is -0.827. The predicted molar refractivity (Wildman–Crippen MR) is 66.1 cm³/mol. The standard InChI is InChI=1S/C14H9F2NO2/c15-11-5-10(6-12(16)7-11)14(19)17-13-3-1-2-9(4-13)8-18/h1-8H,(H,17,19). The van der Waals surface area contributed by atoms with Crippen molar-refractivity contribution in [2.45, 2.75) is 0 Å². The third-order valence-corrected chi connectivity index (χ3v) is 2.41. The van der Waals surface area contributed by atoms with Gasteiger partial charge in [0, 0.05) is 22.9 Å². The van der Waals surface area contributed by atoms with E-state index in [9.17, 15) is 18.4 Å². The zero-order chi connectivity index (χ0) is 13.8. The fourth-order valence-electron chi connectivity index (χ4n) is 1.58. The van der Waals surface area contributed by atoms with E-state index in [-0.39, 0.29) is 5.56 Å². The van der Waals surface area contributed by atoms with Gasteiger partial charge in [-0.25, -0.2) is 8.78 Å². The second-order valence-corrected chi connectivity index (χ2v) is 3.86. The normalized spacial score (nSPS) is 10.0. The van der Waals surface area contributed by atoms with E-state index in [2.05, 4.69) is 5.32 Å². The van der Waals surface area contributed by atoms with E-state index >= 15 is 0 Å². The van der Waals surface area contributed by atoms with E-state index in [4.69, 9.17) is 0 Å². The summed E-state index contributed by atoms with van der Waals surface area (Å²) in [7, 11) is 0. The van der Waals surface area contributed by atoms with E-state index in [1.165, 1.54) is 6.07 Å². The second-order valence-electron chi connectivity index (χ2n) is 3.86. The van der Waals surface area contributed by atoms with Gasteiger partial charge in [0.2, 0.25) is 0 Å². The van der Waals surface area contributed by atoms with Gasteiger partial charge < -0.3 is 5.32 Å². The summed E-state index contributed by atoms with van der Waals surface area (Å²) < 4.78 is 26.0. The average Bonchev–Trinajstić information content (AvgIpc) is 2.37. The van der Waals surface area contributed by atoms with Crippen LogP contribution in [-0.4, -0.2) is 12.2 Å². The highest BCUT2D eigenvalue weighted by atomic mass is 19.1. The van der Waals surface area contributed by atoms with Crippen LogP contribution in [0, 0.1) is 11.6 Å². The topological polar surface area (TPSA) is 46.2 Å². The van der Waals surface area contributed by atoms with Crippen molar-refractivity contribution in [1.82, 2.24) is 0 Å². The average molecular weight is 261 g/mol. The molecular formula is C14H9F2NO2. The first-order chi connectivity index (χ1) is 9.08. The van der Waals surface area contributed by atoms with Gasteiger partial charge in [0.15, 0.2) is 0 Å². The van der Waals surface area contributed by atoms with Crippen molar-refractivity contribution in [3.8, 4) is 0 Å². The first kappa shape index (κ1) is 12.9. The Morgan fingerprint density at radius 1 is 1.05 bits per heavy atom. The van der Waals surface area contributed by atoms with Crippen molar-refractivity contribution in [3.05, 3.63) is 65.2 Å². The van der Waals surface area contributed by atoms with Crippen LogP contribution in [0.15, 0.2) is 42.5 Å². The summed E-state index contributed by atoms with van der Waals surface area (Å²) in [5, 5.41) is 2.46. The summed E-state index contributed by atoms with van der Waals surface area (Å²) in [6, 6.07) is 8.74. The van der Waals surface area contributed by atoms with Crippen molar-refractivity contribution >= 4 is 17.9 Å². The first-order valence-electron chi connectivity index (χ1n) is 5.41. The first-order valence-corrected chi connectivity index (χ1v) is 5.41. The number of carbonyl (C=O) groups excluding carboxylic acids is 2. The number of hydrogen-bond acceptors (Lipinski definition) is 2. The molecule has 0 radical (unpaired) electrons. The van der Waals surface area contributed by atoms with Crippen LogP contribution in [0.5, 0.6) is 0 Å². The molecule has 2 aromatic carbocycles. The Morgan fingerprint density at radius 3 is 2.37 bits per heavy atom. The van der Waals surface area contributed by atoms with Crippen molar-refractivity contribution in [2.75, 3.05) is 5.32 Å². The minimum absolute atomic E-state index is 0.131. The van der Waals surface area contributed by atoms with Gasteiger partial charge in [-0.2, -0.15) is 0 Å².